The molecule has 2 rings (SSSR count). The summed E-state index contributed by atoms with van der Waals surface area (Å²) in [6, 6.07) is 6.25. The van der Waals surface area contributed by atoms with Crippen molar-refractivity contribution < 1.29 is 27.4 Å². The summed E-state index contributed by atoms with van der Waals surface area (Å²) in [5, 5.41) is 2.84. The number of nitrogens with one attached hydrogen (secondary N) is 1. The zero-order valence-electron chi connectivity index (χ0n) is 19.7. The van der Waals surface area contributed by atoms with E-state index in [0.29, 0.717) is 48.3 Å². The largest absolute Gasteiger partial charge is 0.490 e. The van der Waals surface area contributed by atoms with Crippen LogP contribution in [0.25, 0.3) is 0 Å². The van der Waals surface area contributed by atoms with Crippen LogP contribution in [-0.2, 0) is 10.0 Å². The predicted octanol–water partition coefficient (Wildman–Crippen LogP) is 4.00. The van der Waals surface area contributed by atoms with Gasteiger partial charge in [-0.05, 0) is 70.0 Å². The molecule has 0 radical (unpaired) electrons. The molecule has 0 aliphatic heterocycles. The van der Waals surface area contributed by atoms with E-state index in [0.717, 1.165) is 15.4 Å². The summed E-state index contributed by atoms with van der Waals surface area (Å²) >= 11 is 0. The highest BCUT2D eigenvalue weighted by Gasteiger charge is 2.22. The van der Waals surface area contributed by atoms with Gasteiger partial charge in [-0.15, -0.1) is 0 Å². The Kier molecular flexibility index (Phi) is 8.51. The van der Waals surface area contributed by atoms with Gasteiger partial charge in [-0.1, -0.05) is 0 Å². The first-order chi connectivity index (χ1) is 15.1. The van der Waals surface area contributed by atoms with E-state index in [1.54, 1.807) is 25.1 Å². The minimum atomic E-state index is -3.65. The topological polar surface area (TPSA) is 94.2 Å². The van der Waals surface area contributed by atoms with E-state index < -0.39 is 15.9 Å². The van der Waals surface area contributed by atoms with Crippen LogP contribution in [0.2, 0.25) is 0 Å². The monoisotopic (exact) mass is 464 g/mol. The highest BCUT2D eigenvalue weighted by atomic mass is 32.2. The van der Waals surface area contributed by atoms with Crippen LogP contribution in [-0.4, -0.2) is 52.5 Å². The Hall–Kier alpha value is -2.78. The van der Waals surface area contributed by atoms with Crippen molar-refractivity contribution in [1.82, 2.24) is 4.31 Å². The quantitative estimate of drug-likeness (QED) is 0.571. The van der Waals surface area contributed by atoms with Crippen molar-refractivity contribution >= 4 is 21.6 Å². The molecule has 2 aromatic carbocycles. The van der Waals surface area contributed by atoms with E-state index in [1.165, 1.54) is 20.2 Å². The number of rotatable bonds is 10. The predicted molar refractivity (Wildman–Crippen MR) is 125 cm³/mol. The smallest absolute Gasteiger partial charge is 0.255 e. The Bertz CT molecular complexity index is 1050. The van der Waals surface area contributed by atoms with Gasteiger partial charge < -0.3 is 19.5 Å². The maximum absolute atomic E-state index is 13.1. The van der Waals surface area contributed by atoms with Crippen molar-refractivity contribution in [2.45, 2.75) is 39.5 Å². The third-order valence-corrected chi connectivity index (χ3v) is 6.63. The van der Waals surface area contributed by atoms with Crippen LogP contribution in [0.15, 0.2) is 29.2 Å². The Morgan fingerprint density at radius 2 is 1.44 bits per heavy atom. The van der Waals surface area contributed by atoms with Crippen molar-refractivity contribution in [3.8, 4) is 17.2 Å². The number of carbonyl (C=O) groups excluding carboxylic acids is 1. The third kappa shape index (κ3) is 5.52. The first-order valence-electron chi connectivity index (χ1n) is 10.5. The molecule has 0 fully saturated rings. The maximum Gasteiger partial charge on any atom is 0.255 e. The van der Waals surface area contributed by atoms with Gasteiger partial charge in [0.05, 0.1) is 24.7 Å². The summed E-state index contributed by atoms with van der Waals surface area (Å²) in [6.45, 7) is 10.4. The van der Waals surface area contributed by atoms with E-state index in [1.807, 2.05) is 27.7 Å². The molecule has 0 unspecified atom stereocenters. The maximum atomic E-state index is 13.1. The number of benzene rings is 2. The van der Waals surface area contributed by atoms with Gasteiger partial charge in [-0.25, -0.2) is 12.7 Å². The summed E-state index contributed by atoms with van der Waals surface area (Å²) in [4.78, 5) is 13.2. The van der Waals surface area contributed by atoms with Crippen LogP contribution in [0.1, 0.15) is 42.3 Å². The molecule has 0 aromatic heterocycles. The van der Waals surface area contributed by atoms with Crippen molar-refractivity contribution in [1.29, 1.82) is 0 Å². The van der Waals surface area contributed by atoms with Crippen LogP contribution in [0.4, 0.5) is 5.69 Å². The number of hydrogen-bond donors (Lipinski definition) is 1. The van der Waals surface area contributed by atoms with Gasteiger partial charge in [0.15, 0.2) is 11.5 Å². The molecule has 0 heterocycles. The molecule has 0 saturated carbocycles. The van der Waals surface area contributed by atoms with Gasteiger partial charge in [-0.2, -0.15) is 0 Å². The summed E-state index contributed by atoms with van der Waals surface area (Å²) in [5.41, 5.74) is 2.25. The first-order valence-corrected chi connectivity index (χ1v) is 11.9. The fourth-order valence-electron chi connectivity index (χ4n) is 3.03. The molecule has 0 aliphatic carbocycles. The third-order valence-electron chi connectivity index (χ3n) is 4.84. The van der Waals surface area contributed by atoms with E-state index in [9.17, 15) is 13.2 Å². The highest BCUT2D eigenvalue weighted by Crippen LogP contribution is 2.39. The molecule has 0 bridgehead atoms. The Morgan fingerprint density at radius 1 is 0.906 bits per heavy atom. The Balaban J connectivity index is 2.51. The summed E-state index contributed by atoms with van der Waals surface area (Å²) in [6.07, 6.45) is 0. The number of sulfonamides is 1. The lowest BCUT2D eigenvalue weighted by Crippen LogP contribution is -2.23. The van der Waals surface area contributed by atoms with Gasteiger partial charge in [-0.3, -0.25) is 4.79 Å². The molecule has 1 amide bonds. The molecule has 8 nitrogen and oxygen atoms in total. The summed E-state index contributed by atoms with van der Waals surface area (Å²) in [5.74, 6) is 0.834. The lowest BCUT2D eigenvalue weighted by atomic mass is 10.1. The molecule has 2 aromatic rings. The average Bonchev–Trinajstić information content (AvgIpc) is 2.73. The minimum absolute atomic E-state index is 0.109. The normalized spacial score (nSPS) is 11.4. The second-order valence-corrected chi connectivity index (χ2v) is 9.41. The summed E-state index contributed by atoms with van der Waals surface area (Å²) < 4.78 is 43.4. The van der Waals surface area contributed by atoms with Crippen LogP contribution < -0.4 is 19.5 Å². The van der Waals surface area contributed by atoms with Crippen LogP contribution in [0.5, 0.6) is 17.2 Å². The number of hydrogen-bond acceptors (Lipinski definition) is 6. The van der Waals surface area contributed by atoms with Gasteiger partial charge >= 0.3 is 0 Å². The van der Waals surface area contributed by atoms with Crippen LogP contribution in [0.3, 0.4) is 0 Å². The van der Waals surface area contributed by atoms with E-state index in [4.69, 9.17) is 14.2 Å². The number of amides is 1. The molecule has 32 heavy (non-hydrogen) atoms. The Labute approximate surface area is 190 Å². The second-order valence-electron chi connectivity index (χ2n) is 7.25. The number of carbonyl (C=O) groups is 1. The lowest BCUT2D eigenvalue weighted by Gasteiger charge is -2.18. The highest BCUT2D eigenvalue weighted by molar-refractivity contribution is 7.89. The number of anilines is 1. The Morgan fingerprint density at radius 3 is 1.91 bits per heavy atom. The number of ether oxygens (including phenoxy) is 3. The molecule has 9 heteroatoms. The van der Waals surface area contributed by atoms with Crippen molar-refractivity contribution in [3.63, 3.8) is 0 Å². The van der Waals surface area contributed by atoms with Crippen LogP contribution >= 0.6 is 0 Å². The molecular formula is C23H32N2O6S. The summed E-state index contributed by atoms with van der Waals surface area (Å²) in [7, 11) is -0.723. The molecule has 0 aliphatic rings. The number of aryl methyl sites for hydroxylation is 1. The van der Waals surface area contributed by atoms with Gasteiger partial charge in [0.1, 0.15) is 0 Å². The lowest BCUT2D eigenvalue weighted by molar-refractivity contribution is 0.102. The zero-order chi connectivity index (χ0) is 24.1. The zero-order valence-corrected chi connectivity index (χ0v) is 20.6. The molecule has 0 spiro atoms. The fourth-order valence-corrected chi connectivity index (χ4v) is 4.04. The van der Waals surface area contributed by atoms with Crippen molar-refractivity contribution in [2.75, 3.05) is 39.2 Å². The van der Waals surface area contributed by atoms with Crippen molar-refractivity contribution in [3.05, 3.63) is 41.0 Å². The average molecular weight is 465 g/mol. The van der Waals surface area contributed by atoms with Crippen molar-refractivity contribution in [2.24, 2.45) is 0 Å². The first kappa shape index (κ1) is 25.5. The van der Waals surface area contributed by atoms with Gasteiger partial charge in [0.2, 0.25) is 15.8 Å². The van der Waals surface area contributed by atoms with Gasteiger partial charge in [0, 0.05) is 25.3 Å². The van der Waals surface area contributed by atoms with E-state index >= 15 is 0 Å². The molecule has 0 saturated heterocycles. The molecule has 176 valence electrons. The number of nitrogens with zero attached hydrogens (tertiary/aromatic N) is 1. The van der Waals surface area contributed by atoms with E-state index in [2.05, 4.69) is 5.32 Å². The van der Waals surface area contributed by atoms with E-state index in [-0.39, 0.29) is 4.90 Å². The molecule has 0 atom stereocenters. The molecule has 1 N–H and O–H groups in total. The van der Waals surface area contributed by atoms with Gasteiger partial charge in [0.25, 0.3) is 5.91 Å². The van der Waals surface area contributed by atoms with Crippen LogP contribution in [0, 0.1) is 13.8 Å². The second kappa shape index (κ2) is 10.7. The standard InChI is InChI=1S/C23H32N2O6S/c1-8-29-20-12-17(13-21(30-9-2)22(20)31-10-3)23(26)24-19-14-18(11-15(4)16(19)5)32(27,28)25(6)7/h11-14H,8-10H2,1-7H3,(H,24,26). The minimum Gasteiger partial charge on any atom is -0.490 e. The SMILES string of the molecule is CCOc1cc(C(=O)Nc2cc(S(=O)(=O)N(C)C)cc(C)c2C)cc(OCC)c1OCC. The molecular weight excluding hydrogens is 432 g/mol. The fraction of sp³-hybridized carbons (Fsp3) is 0.435.